The highest BCUT2D eigenvalue weighted by Gasteiger charge is 2.29. The highest BCUT2D eigenvalue weighted by Crippen LogP contribution is 2.33. The third-order valence-corrected chi connectivity index (χ3v) is 5.13. The van der Waals surface area contributed by atoms with Gasteiger partial charge in [-0.2, -0.15) is 0 Å². The molecule has 1 aliphatic rings. The molecule has 0 saturated carbocycles. The molecule has 0 spiro atoms. The van der Waals surface area contributed by atoms with E-state index in [2.05, 4.69) is 82.7 Å². The second-order valence-electron chi connectivity index (χ2n) is 6.75. The van der Waals surface area contributed by atoms with Gasteiger partial charge in [0.05, 0.1) is 16.6 Å². The third-order valence-electron chi connectivity index (χ3n) is 4.38. The predicted octanol–water partition coefficient (Wildman–Crippen LogP) is 4.74. The minimum Gasteiger partial charge on any atom is -0.283 e. The van der Waals surface area contributed by atoms with Crippen LogP contribution in [0.25, 0.3) is 11.0 Å². The molecule has 1 aromatic heterocycles. The zero-order valence-corrected chi connectivity index (χ0v) is 15.1. The molecule has 0 aliphatic carbocycles. The molecule has 0 unspecified atom stereocenters. The molecular weight excluding hydrogens is 350 g/mol. The Hall–Kier alpha value is -1.94. The Morgan fingerprint density at radius 3 is 2.74 bits per heavy atom. The molecule has 2 aromatic carbocycles. The van der Waals surface area contributed by atoms with Crippen LogP contribution in [0.5, 0.6) is 0 Å². The zero-order chi connectivity index (χ0) is 16.2. The topological polar surface area (TPSA) is 30.2 Å². The number of halogens is 1. The van der Waals surface area contributed by atoms with Crippen molar-refractivity contribution >= 4 is 32.8 Å². The van der Waals surface area contributed by atoms with Crippen LogP contribution in [0.2, 0.25) is 0 Å². The average molecular weight is 368 g/mol. The van der Waals surface area contributed by atoms with Gasteiger partial charge in [-0.3, -0.25) is 9.56 Å². The average Bonchev–Trinajstić information content (AvgIpc) is 2.92. The molecule has 0 N–H and O–H groups in total. The Balaban J connectivity index is 2.02. The van der Waals surface area contributed by atoms with Gasteiger partial charge in [0.15, 0.2) is 0 Å². The summed E-state index contributed by atoms with van der Waals surface area (Å²) in [5.74, 6) is 0.977. The molecule has 3 nitrogen and oxygen atoms in total. The van der Waals surface area contributed by atoms with Crippen molar-refractivity contribution < 1.29 is 0 Å². The summed E-state index contributed by atoms with van der Waals surface area (Å²) in [7, 11) is 0. The standard InChI is InChI=1S/C19H18BrN3/c1-12-6-4-9-16-17(12)21-11-23(16)18-13-7-5-8-15(20)14(13)10-19(2,3)22-18/h4-9,11H,10H2,1-3H3. The number of para-hydroxylation sites is 1. The molecule has 2 heterocycles. The first kappa shape index (κ1) is 14.6. The zero-order valence-electron chi connectivity index (χ0n) is 13.5. The fraction of sp³-hybridized carbons (Fsp3) is 0.263. The number of hydrogen-bond donors (Lipinski definition) is 0. The maximum atomic E-state index is 5.04. The lowest BCUT2D eigenvalue weighted by atomic mass is 9.88. The fourth-order valence-electron chi connectivity index (χ4n) is 3.30. The summed E-state index contributed by atoms with van der Waals surface area (Å²) < 4.78 is 3.27. The normalized spacial score (nSPS) is 16.3. The van der Waals surface area contributed by atoms with Gasteiger partial charge in [0.1, 0.15) is 12.2 Å². The number of rotatable bonds is 0. The Kier molecular flexibility index (Phi) is 3.20. The molecule has 4 heteroatoms. The molecule has 0 bridgehead atoms. The van der Waals surface area contributed by atoms with E-state index in [9.17, 15) is 0 Å². The molecule has 0 saturated heterocycles. The lowest BCUT2D eigenvalue weighted by Crippen LogP contribution is -2.32. The van der Waals surface area contributed by atoms with Crippen molar-refractivity contribution in [2.45, 2.75) is 32.7 Å². The number of hydrogen-bond acceptors (Lipinski definition) is 2. The molecule has 0 amide bonds. The molecule has 116 valence electrons. The van der Waals surface area contributed by atoms with Gasteiger partial charge in [-0.05, 0) is 50.5 Å². The highest BCUT2D eigenvalue weighted by molar-refractivity contribution is 9.10. The van der Waals surface area contributed by atoms with Gasteiger partial charge in [-0.1, -0.05) is 40.2 Å². The summed E-state index contributed by atoms with van der Waals surface area (Å²) in [4.78, 5) is 9.64. The minimum absolute atomic E-state index is 0.132. The predicted molar refractivity (Wildman–Crippen MR) is 98.3 cm³/mol. The van der Waals surface area contributed by atoms with Crippen molar-refractivity contribution in [1.82, 2.24) is 9.55 Å². The van der Waals surface area contributed by atoms with E-state index < -0.39 is 0 Å². The molecule has 0 fully saturated rings. The van der Waals surface area contributed by atoms with Crippen molar-refractivity contribution in [3.05, 3.63) is 63.9 Å². The first-order valence-electron chi connectivity index (χ1n) is 7.77. The number of nitrogens with zero attached hydrogens (tertiary/aromatic N) is 3. The largest absolute Gasteiger partial charge is 0.283 e. The first-order chi connectivity index (χ1) is 11.0. The van der Waals surface area contributed by atoms with Crippen LogP contribution in [-0.2, 0) is 6.42 Å². The molecule has 1 aliphatic heterocycles. The fourth-order valence-corrected chi connectivity index (χ4v) is 3.81. The number of aliphatic imine (C=N–C) groups is 1. The van der Waals surface area contributed by atoms with Gasteiger partial charge in [0.25, 0.3) is 0 Å². The summed E-state index contributed by atoms with van der Waals surface area (Å²) in [5.41, 5.74) is 5.69. The SMILES string of the molecule is Cc1cccc2c1ncn2C1=NC(C)(C)Cc2c(Br)cccc21. The molecule has 23 heavy (non-hydrogen) atoms. The van der Waals surface area contributed by atoms with Crippen LogP contribution < -0.4 is 0 Å². The summed E-state index contributed by atoms with van der Waals surface area (Å²) >= 11 is 3.71. The monoisotopic (exact) mass is 367 g/mol. The maximum Gasteiger partial charge on any atom is 0.141 e. The Bertz CT molecular complexity index is 950. The molecule has 3 aromatic rings. The van der Waals surface area contributed by atoms with E-state index >= 15 is 0 Å². The van der Waals surface area contributed by atoms with E-state index in [1.165, 1.54) is 16.7 Å². The molecule has 0 radical (unpaired) electrons. The third kappa shape index (κ3) is 2.32. The van der Waals surface area contributed by atoms with E-state index in [-0.39, 0.29) is 5.54 Å². The van der Waals surface area contributed by atoms with Crippen molar-refractivity contribution in [2.75, 3.05) is 0 Å². The van der Waals surface area contributed by atoms with Crippen LogP contribution in [0.3, 0.4) is 0 Å². The van der Waals surface area contributed by atoms with Crippen LogP contribution in [-0.4, -0.2) is 20.9 Å². The van der Waals surface area contributed by atoms with Gasteiger partial charge >= 0.3 is 0 Å². The van der Waals surface area contributed by atoms with Gasteiger partial charge in [0, 0.05) is 10.0 Å². The van der Waals surface area contributed by atoms with Crippen molar-refractivity contribution in [2.24, 2.45) is 4.99 Å². The van der Waals surface area contributed by atoms with Gasteiger partial charge < -0.3 is 0 Å². The molecule has 4 rings (SSSR count). The van der Waals surface area contributed by atoms with E-state index in [1.54, 1.807) is 0 Å². The second-order valence-corrected chi connectivity index (χ2v) is 7.60. The van der Waals surface area contributed by atoms with Crippen molar-refractivity contribution in [3.63, 3.8) is 0 Å². The van der Waals surface area contributed by atoms with Gasteiger partial charge in [-0.15, -0.1) is 0 Å². The first-order valence-corrected chi connectivity index (χ1v) is 8.56. The molecule has 0 atom stereocenters. The van der Waals surface area contributed by atoms with Crippen molar-refractivity contribution in [1.29, 1.82) is 0 Å². The Labute approximate surface area is 144 Å². The van der Waals surface area contributed by atoms with Crippen LogP contribution in [0.15, 0.2) is 52.2 Å². The van der Waals surface area contributed by atoms with Crippen LogP contribution in [0.1, 0.15) is 30.5 Å². The minimum atomic E-state index is -0.132. The number of benzene rings is 2. The van der Waals surface area contributed by atoms with Crippen molar-refractivity contribution in [3.8, 4) is 0 Å². The lowest BCUT2D eigenvalue weighted by molar-refractivity contribution is 0.509. The van der Waals surface area contributed by atoms with Crippen LogP contribution in [0.4, 0.5) is 0 Å². The quantitative estimate of drug-likeness (QED) is 0.564. The number of aryl methyl sites for hydroxylation is 1. The van der Waals surface area contributed by atoms with E-state index in [1.807, 2.05) is 6.33 Å². The Morgan fingerprint density at radius 2 is 1.91 bits per heavy atom. The summed E-state index contributed by atoms with van der Waals surface area (Å²) in [5, 5.41) is 0. The number of imidazole rings is 1. The summed E-state index contributed by atoms with van der Waals surface area (Å²) in [6.07, 6.45) is 2.82. The smallest absolute Gasteiger partial charge is 0.141 e. The summed E-state index contributed by atoms with van der Waals surface area (Å²) in [6.45, 7) is 6.45. The maximum absolute atomic E-state index is 5.04. The van der Waals surface area contributed by atoms with Gasteiger partial charge in [-0.25, -0.2) is 4.98 Å². The second kappa shape index (κ2) is 5.03. The number of aromatic nitrogens is 2. The van der Waals surface area contributed by atoms with Crippen LogP contribution in [0, 0.1) is 6.92 Å². The molecular formula is C19H18BrN3. The van der Waals surface area contributed by atoms with E-state index in [0.717, 1.165) is 27.8 Å². The lowest BCUT2D eigenvalue weighted by Gasteiger charge is -2.30. The number of fused-ring (bicyclic) bond motifs is 2. The highest BCUT2D eigenvalue weighted by atomic mass is 79.9. The summed E-state index contributed by atoms with van der Waals surface area (Å²) in [6, 6.07) is 12.6. The van der Waals surface area contributed by atoms with Crippen LogP contribution >= 0.6 is 15.9 Å². The Morgan fingerprint density at radius 1 is 1.13 bits per heavy atom. The van der Waals surface area contributed by atoms with Gasteiger partial charge in [0.2, 0.25) is 0 Å². The van der Waals surface area contributed by atoms with E-state index in [0.29, 0.717) is 0 Å². The van der Waals surface area contributed by atoms with E-state index in [4.69, 9.17) is 4.99 Å².